The second-order valence-corrected chi connectivity index (χ2v) is 7.89. The molecular weight excluding hydrogens is 318 g/mol. The molecule has 0 saturated carbocycles. The van der Waals surface area contributed by atoms with Gasteiger partial charge in [0.15, 0.2) is 0 Å². The summed E-state index contributed by atoms with van der Waals surface area (Å²) in [6, 6.07) is 0.0160. The molecule has 1 aromatic rings. The molecule has 1 fully saturated rings. The number of nitrogens with one attached hydrogen (secondary N) is 2. The van der Waals surface area contributed by atoms with E-state index in [-0.39, 0.29) is 29.4 Å². The summed E-state index contributed by atoms with van der Waals surface area (Å²) in [4.78, 5) is 34.8. The fourth-order valence-corrected chi connectivity index (χ4v) is 2.86. The molecule has 25 heavy (non-hydrogen) atoms. The van der Waals surface area contributed by atoms with Gasteiger partial charge in [-0.05, 0) is 39.5 Å². The molecule has 0 atom stereocenters. The number of carbonyl (C=O) groups is 2. The predicted molar refractivity (Wildman–Crippen MR) is 96.5 cm³/mol. The van der Waals surface area contributed by atoms with E-state index in [0.717, 1.165) is 18.5 Å². The molecule has 0 aliphatic carbocycles. The van der Waals surface area contributed by atoms with Crippen molar-refractivity contribution in [3.63, 3.8) is 0 Å². The molecule has 1 aliphatic rings. The van der Waals surface area contributed by atoms with Gasteiger partial charge in [0.25, 0.3) is 5.91 Å². The van der Waals surface area contributed by atoms with Crippen LogP contribution in [0.3, 0.4) is 0 Å². The third-order valence-electron chi connectivity index (χ3n) is 4.13. The predicted octanol–water partition coefficient (Wildman–Crippen LogP) is 2.30. The summed E-state index contributed by atoms with van der Waals surface area (Å²) < 4.78 is 0. The average molecular weight is 347 g/mol. The number of amides is 3. The summed E-state index contributed by atoms with van der Waals surface area (Å²) >= 11 is 0. The van der Waals surface area contributed by atoms with Gasteiger partial charge in [-0.15, -0.1) is 0 Å². The zero-order valence-corrected chi connectivity index (χ0v) is 15.8. The number of piperidine rings is 1. The van der Waals surface area contributed by atoms with E-state index >= 15 is 0 Å². The van der Waals surface area contributed by atoms with E-state index in [9.17, 15) is 9.59 Å². The third-order valence-corrected chi connectivity index (χ3v) is 4.13. The summed E-state index contributed by atoms with van der Waals surface area (Å²) in [5.74, 6) is 0.0218. The molecule has 0 unspecified atom stereocenters. The van der Waals surface area contributed by atoms with Crippen molar-refractivity contribution in [1.29, 1.82) is 0 Å². The Morgan fingerprint density at radius 3 is 2.44 bits per heavy atom. The molecule has 0 bridgehead atoms. The number of aromatic nitrogens is 2. The van der Waals surface area contributed by atoms with Crippen LogP contribution in [0.4, 0.5) is 4.79 Å². The maximum atomic E-state index is 12.6. The van der Waals surface area contributed by atoms with Gasteiger partial charge in [-0.2, -0.15) is 0 Å². The van der Waals surface area contributed by atoms with Crippen LogP contribution in [0.15, 0.2) is 12.5 Å². The SMILES string of the molecule is CC(C)c1ncncc1C(=O)NC1CCN(C(=O)NC(C)(C)C)CC1. The summed E-state index contributed by atoms with van der Waals surface area (Å²) in [5.41, 5.74) is 1.04. The molecule has 2 N–H and O–H groups in total. The molecule has 0 spiro atoms. The number of rotatable bonds is 3. The van der Waals surface area contributed by atoms with Crippen molar-refractivity contribution in [2.45, 2.75) is 65.0 Å². The van der Waals surface area contributed by atoms with E-state index in [1.54, 1.807) is 11.1 Å². The van der Waals surface area contributed by atoms with Gasteiger partial charge in [0.2, 0.25) is 0 Å². The minimum absolute atomic E-state index is 0.0455. The van der Waals surface area contributed by atoms with Gasteiger partial charge in [-0.25, -0.2) is 14.8 Å². The second kappa shape index (κ2) is 7.80. The van der Waals surface area contributed by atoms with Crippen LogP contribution in [0.25, 0.3) is 0 Å². The first-order valence-corrected chi connectivity index (χ1v) is 8.85. The fourth-order valence-electron chi connectivity index (χ4n) is 2.86. The first kappa shape index (κ1) is 19.1. The maximum Gasteiger partial charge on any atom is 0.317 e. The van der Waals surface area contributed by atoms with Crippen LogP contribution in [-0.2, 0) is 0 Å². The normalized spacial score (nSPS) is 16.0. The fraction of sp³-hybridized carbons (Fsp3) is 0.667. The molecule has 0 aromatic carbocycles. The van der Waals surface area contributed by atoms with Gasteiger partial charge in [0, 0.05) is 30.9 Å². The smallest absolute Gasteiger partial charge is 0.317 e. The third kappa shape index (κ3) is 5.41. The van der Waals surface area contributed by atoms with Crippen molar-refractivity contribution in [3.05, 3.63) is 23.8 Å². The minimum Gasteiger partial charge on any atom is -0.349 e. The van der Waals surface area contributed by atoms with Gasteiger partial charge in [-0.3, -0.25) is 4.79 Å². The highest BCUT2D eigenvalue weighted by molar-refractivity contribution is 5.95. The van der Waals surface area contributed by atoms with Gasteiger partial charge in [0.1, 0.15) is 6.33 Å². The Bertz CT molecular complexity index is 616. The molecule has 0 radical (unpaired) electrons. The van der Waals surface area contributed by atoms with Crippen molar-refractivity contribution in [2.24, 2.45) is 0 Å². The molecule has 7 nitrogen and oxygen atoms in total. The van der Waals surface area contributed by atoms with Crippen LogP contribution in [0, 0.1) is 0 Å². The zero-order valence-electron chi connectivity index (χ0n) is 15.8. The van der Waals surface area contributed by atoms with Gasteiger partial charge >= 0.3 is 6.03 Å². The van der Waals surface area contributed by atoms with E-state index in [2.05, 4.69) is 20.6 Å². The zero-order chi connectivity index (χ0) is 18.6. The van der Waals surface area contributed by atoms with Gasteiger partial charge in [-0.1, -0.05) is 13.8 Å². The Morgan fingerprint density at radius 2 is 1.88 bits per heavy atom. The lowest BCUT2D eigenvalue weighted by Crippen LogP contribution is -2.53. The first-order chi connectivity index (χ1) is 11.7. The molecule has 2 heterocycles. The molecule has 1 aromatic heterocycles. The minimum atomic E-state index is -0.247. The Hall–Kier alpha value is -2.18. The Kier molecular flexibility index (Phi) is 5.98. The molecule has 2 rings (SSSR count). The van der Waals surface area contributed by atoms with Crippen molar-refractivity contribution in [1.82, 2.24) is 25.5 Å². The summed E-state index contributed by atoms with van der Waals surface area (Å²) in [7, 11) is 0. The molecular formula is C18H29N5O2. The topological polar surface area (TPSA) is 87.2 Å². The number of likely N-dealkylation sites (tertiary alicyclic amines) is 1. The average Bonchev–Trinajstić information content (AvgIpc) is 2.53. The Balaban J connectivity index is 1.90. The quantitative estimate of drug-likeness (QED) is 0.878. The monoisotopic (exact) mass is 347 g/mol. The Morgan fingerprint density at radius 1 is 1.24 bits per heavy atom. The van der Waals surface area contributed by atoms with Crippen molar-refractivity contribution >= 4 is 11.9 Å². The largest absolute Gasteiger partial charge is 0.349 e. The van der Waals surface area contributed by atoms with E-state index < -0.39 is 0 Å². The molecule has 138 valence electrons. The summed E-state index contributed by atoms with van der Waals surface area (Å²) in [6.07, 6.45) is 4.53. The lowest BCUT2D eigenvalue weighted by atomic mass is 10.0. The molecule has 3 amide bonds. The highest BCUT2D eigenvalue weighted by Gasteiger charge is 2.27. The lowest BCUT2D eigenvalue weighted by Gasteiger charge is -2.34. The first-order valence-electron chi connectivity index (χ1n) is 8.85. The number of hydrogen-bond donors (Lipinski definition) is 2. The van der Waals surface area contributed by atoms with E-state index in [0.29, 0.717) is 18.7 Å². The van der Waals surface area contributed by atoms with Gasteiger partial charge in [0.05, 0.1) is 11.3 Å². The molecule has 1 saturated heterocycles. The number of hydrogen-bond acceptors (Lipinski definition) is 4. The van der Waals surface area contributed by atoms with Gasteiger partial charge < -0.3 is 15.5 Å². The molecule has 1 aliphatic heterocycles. The van der Waals surface area contributed by atoms with Crippen LogP contribution < -0.4 is 10.6 Å². The highest BCUT2D eigenvalue weighted by Crippen LogP contribution is 2.17. The maximum absolute atomic E-state index is 12.6. The van der Waals surface area contributed by atoms with Crippen LogP contribution in [-0.4, -0.2) is 51.5 Å². The number of urea groups is 1. The summed E-state index contributed by atoms with van der Waals surface area (Å²) in [5, 5.41) is 6.03. The molecule has 7 heteroatoms. The van der Waals surface area contributed by atoms with E-state index in [1.807, 2.05) is 34.6 Å². The van der Waals surface area contributed by atoms with E-state index in [1.165, 1.54) is 6.33 Å². The summed E-state index contributed by atoms with van der Waals surface area (Å²) in [6.45, 7) is 11.2. The Labute approximate surface area is 149 Å². The second-order valence-electron chi connectivity index (χ2n) is 7.89. The van der Waals surface area contributed by atoms with Crippen LogP contribution >= 0.6 is 0 Å². The number of carbonyl (C=O) groups excluding carboxylic acids is 2. The van der Waals surface area contributed by atoms with Crippen LogP contribution in [0.1, 0.15) is 69.4 Å². The standard InChI is InChI=1S/C18H29N5O2/c1-12(2)15-14(10-19-11-20-15)16(24)21-13-6-8-23(9-7-13)17(25)22-18(3,4)5/h10-13H,6-9H2,1-5H3,(H,21,24)(H,22,25). The number of nitrogens with zero attached hydrogens (tertiary/aromatic N) is 3. The van der Waals surface area contributed by atoms with Crippen LogP contribution in [0.2, 0.25) is 0 Å². The van der Waals surface area contributed by atoms with Crippen LogP contribution in [0.5, 0.6) is 0 Å². The van der Waals surface area contributed by atoms with E-state index in [4.69, 9.17) is 0 Å². The lowest BCUT2D eigenvalue weighted by molar-refractivity contribution is 0.0915. The van der Waals surface area contributed by atoms with Crippen molar-refractivity contribution < 1.29 is 9.59 Å². The van der Waals surface area contributed by atoms with Crippen molar-refractivity contribution in [2.75, 3.05) is 13.1 Å². The highest BCUT2D eigenvalue weighted by atomic mass is 16.2. The van der Waals surface area contributed by atoms with Crippen molar-refractivity contribution in [3.8, 4) is 0 Å².